The molecule has 2 aliphatic heterocycles. The molecular formula is C26H27ClN6O4S. The molecule has 5 rings (SSSR count). The van der Waals surface area contributed by atoms with Gasteiger partial charge >= 0.3 is 10.2 Å². The molecule has 3 aromatic rings. The van der Waals surface area contributed by atoms with Crippen LogP contribution < -0.4 is 9.62 Å². The van der Waals surface area contributed by atoms with Gasteiger partial charge in [0.2, 0.25) is 11.8 Å². The highest BCUT2D eigenvalue weighted by atomic mass is 35.5. The number of carbonyl (C=O) groups is 2. The summed E-state index contributed by atoms with van der Waals surface area (Å²) in [5.74, 6) is -0.750. The second-order valence-electron chi connectivity index (χ2n) is 9.68. The number of fused-ring (bicyclic) bond motifs is 3. The van der Waals surface area contributed by atoms with Gasteiger partial charge in [0.1, 0.15) is 0 Å². The van der Waals surface area contributed by atoms with Crippen molar-refractivity contribution >= 4 is 50.2 Å². The normalized spacial score (nSPS) is 17.1. The number of unbranched alkanes of at least 4 members (excludes halogenated alkanes) is 1. The highest BCUT2D eigenvalue weighted by Gasteiger charge is 2.53. The number of hydrogen-bond donors (Lipinski definition) is 1. The molecule has 0 saturated carbocycles. The fraction of sp³-hybridized carbons (Fsp3) is 0.385. The summed E-state index contributed by atoms with van der Waals surface area (Å²) in [7, 11) is -3.96. The number of amides is 2. The Balaban J connectivity index is 1.47. The first-order valence-corrected chi connectivity index (χ1v) is 14.2. The maximum atomic E-state index is 14.1. The minimum absolute atomic E-state index is 0.0936. The number of rotatable bonds is 7. The molecule has 0 atom stereocenters. The number of halogens is 1. The van der Waals surface area contributed by atoms with Crippen LogP contribution in [0.2, 0.25) is 5.02 Å². The molecular weight excluding hydrogens is 528 g/mol. The lowest BCUT2D eigenvalue weighted by atomic mass is 9.74. The topological polar surface area (TPSA) is 128 Å². The Morgan fingerprint density at radius 1 is 1.24 bits per heavy atom. The lowest BCUT2D eigenvalue weighted by Gasteiger charge is -2.37. The van der Waals surface area contributed by atoms with Crippen molar-refractivity contribution in [2.45, 2.75) is 51.1 Å². The van der Waals surface area contributed by atoms with Gasteiger partial charge in [0.15, 0.2) is 0 Å². The molecule has 1 aromatic carbocycles. The maximum Gasteiger partial charge on any atom is 0.303 e. The van der Waals surface area contributed by atoms with Crippen molar-refractivity contribution < 1.29 is 18.0 Å². The third-order valence-electron chi connectivity index (χ3n) is 7.39. The smallest absolute Gasteiger partial charge is 0.303 e. The Labute approximate surface area is 226 Å². The van der Waals surface area contributed by atoms with Crippen LogP contribution in [0.1, 0.15) is 43.9 Å². The number of aryl methyl sites for hydroxylation is 1. The van der Waals surface area contributed by atoms with Crippen LogP contribution in [-0.4, -0.2) is 47.2 Å². The number of nitriles is 1. The van der Waals surface area contributed by atoms with E-state index >= 15 is 0 Å². The zero-order valence-corrected chi connectivity index (χ0v) is 22.4. The average molecular weight is 555 g/mol. The van der Waals surface area contributed by atoms with Gasteiger partial charge in [0.25, 0.3) is 0 Å². The van der Waals surface area contributed by atoms with Crippen LogP contribution in [-0.2, 0) is 38.3 Å². The number of anilines is 1. The molecule has 0 radical (unpaired) electrons. The van der Waals surface area contributed by atoms with Gasteiger partial charge < -0.3 is 9.47 Å². The van der Waals surface area contributed by atoms with Gasteiger partial charge in [-0.3, -0.25) is 14.6 Å². The van der Waals surface area contributed by atoms with Gasteiger partial charge in [-0.15, -0.1) is 0 Å². The highest BCUT2D eigenvalue weighted by molar-refractivity contribution is 7.87. The van der Waals surface area contributed by atoms with Gasteiger partial charge in [0.05, 0.1) is 29.9 Å². The average Bonchev–Trinajstić information content (AvgIpc) is 3.32. The van der Waals surface area contributed by atoms with Crippen molar-refractivity contribution in [3.05, 3.63) is 59.0 Å². The Bertz CT molecular complexity index is 1570. The Morgan fingerprint density at radius 3 is 2.71 bits per heavy atom. The van der Waals surface area contributed by atoms with Crippen LogP contribution in [0.5, 0.6) is 0 Å². The van der Waals surface area contributed by atoms with E-state index in [-0.39, 0.29) is 19.0 Å². The molecule has 38 heavy (non-hydrogen) atoms. The highest BCUT2D eigenvalue weighted by Crippen LogP contribution is 2.48. The summed E-state index contributed by atoms with van der Waals surface area (Å²) in [5, 5.41) is 10.6. The second kappa shape index (κ2) is 10.0. The van der Waals surface area contributed by atoms with E-state index in [0.29, 0.717) is 49.5 Å². The van der Waals surface area contributed by atoms with Gasteiger partial charge in [-0.25, -0.2) is 4.72 Å². The molecule has 0 aliphatic carbocycles. The summed E-state index contributed by atoms with van der Waals surface area (Å²) in [4.78, 5) is 31.5. The first-order valence-electron chi connectivity index (χ1n) is 12.4. The fourth-order valence-electron chi connectivity index (χ4n) is 5.66. The van der Waals surface area contributed by atoms with Crippen LogP contribution in [0.15, 0.2) is 42.7 Å². The Kier molecular flexibility index (Phi) is 6.90. The van der Waals surface area contributed by atoms with E-state index < -0.39 is 21.5 Å². The summed E-state index contributed by atoms with van der Waals surface area (Å²) < 4.78 is 30.4. The van der Waals surface area contributed by atoms with E-state index in [0.717, 1.165) is 29.1 Å². The lowest BCUT2D eigenvalue weighted by Crippen LogP contribution is -2.52. The van der Waals surface area contributed by atoms with E-state index in [1.807, 2.05) is 35.1 Å². The van der Waals surface area contributed by atoms with Gasteiger partial charge in [-0.1, -0.05) is 11.6 Å². The number of hydrogen-bond acceptors (Lipinski definition) is 6. The minimum atomic E-state index is -3.96. The quantitative estimate of drug-likeness (QED) is 0.446. The largest absolute Gasteiger partial charge is 0.343 e. The molecule has 10 nitrogen and oxygen atoms in total. The number of nitrogens with zero attached hydrogens (tertiary/aromatic N) is 5. The number of aromatic nitrogens is 2. The minimum Gasteiger partial charge on any atom is -0.343 e. The molecule has 1 saturated heterocycles. The standard InChI is InChI=1S/C26H27ClN6O4S/c1-18(34)30-38(36,37)31-12-7-26(8-13-31)22-6-10-29-16-24(22)33(25(26)35)17-21-15-19-14-20(27)4-5-23(19)32(21)11-3-2-9-28/h4-6,10,14-16H,2-3,7-8,11-13,17H2,1H3,(H,30,34). The summed E-state index contributed by atoms with van der Waals surface area (Å²) in [6.45, 7) is 2.29. The zero-order chi connectivity index (χ0) is 27.1. The Hall–Kier alpha value is -3.46. The number of piperidine rings is 1. The second-order valence-corrected chi connectivity index (χ2v) is 11.8. The number of carbonyl (C=O) groups excluding carboxylic acids is 2. The Morgan fingerprint density at radius 2 is 2.00 bits per heavy atom. The van der Waals surface area contributed by atoms with Crippen molar-refractivity contribution in [3.8, 4) is 6.07 Å². The van der Waals surface area contributed by atoms with Crippen LogP contribution in [0, 0.1) is 11.3 Å². The molecule has 0 bridgehead atoms. The van der Waals surface area contributed by atoms with E-state index in [2.05, 4.69) is 15.6 Å². The molecule has 2 amide bonds. The van der Waals surface area contributed by atoms with Crippen molar-refractivity contribution in [1.82, 2.24) is 18.6 Å². The summed E-state index contributed by atoms with van der Waals surface area (Å²) >= 11 is 6.24. The molecule has 2 aromatic heterocycles. The SMILES string of the molecule is CC(=O)NS(=O)(=O)N1CCC2(CC1)C(=O)N(Cc1cc3cc(Cl)ccc3n1CCCC#N)c1cnccc12. The molecule has 2 aliphatic rings. The summed E-state index contributed by atoms with van der Waals surface area (Å²) in [5.41, 5.74) is 2.56. The first kappa shape index (κ1) is 26.2. The van der Waals surface area contributed by atoms with E-state index in [9.17, 15) is 18.0 Å². The number of benzene rings is 1. The van der Waals surface area contributed by atoms with Gasteiger partial charge in [0, 0.05) is 60.8 Å². The van der Waals surface area contributed by atoms with Crippen LogP contribution in [0.3, 0.4) is 0 Å². The predicted molar refractivity (Wildman–Crippen MR) is 142 cm³/mol. The molecule has 4 heterocycles. The molecule has 1 fully saturated rings. The van der Waals surface area contributed by atoms with Crippen LogP contribution >= 0.6 is 11.6 Å². The van der Waals surface area contributed by atoms with Crippen molar-refractivity contribution in [2.24, 2.45) is 0 Å². The zero-order valence-electron chi connectivity index (χ0n) is 20.9. The third-order valence-corrected chi connectivity index (χ3v) is 9.21. The first-order chi connectivity index (χ1) is 18.2. The van der Waals surface area contributed by atoms with Crippen molar-refractivity contribution in [3.63, 3.8) is 0 Å². The van der Waals surface area contributed by atoms with Crippen LogP contribution in [0.25, 0.3) is 10.9 Å². The molecule has 12 heteroatoms. The third kappa shape index (κ3) is 4.53. The van der Waals surface area contributed by atoms with E-state index in [4.69, 9.17) is 16.9 Å². The molecule has 0 unspecified atom stereocenters. The maximum absolute atomic E-state index is 14.1. The van der Waals surface area contributed by atoms with Crippen LogP contribution in [0.4, 0.5) is 5.69 Å². The van der Waals surface area contributed by atoms with Gasteiger partial charge in [-0.05, 0) is 55.2 Å². The van der Waals surface area contributed by atoms with Crippen molar-refractivity contribution in [2.75, 3.05) is 18.0 Å². The monoisotopic (exact) mass is 554 g/mol. The van der Waals surface area contributed by atoms with Gasteiger partial charge in [-0.2, -0.15) is 18.0 Å². The molecule has 1 spiro atoms. The van der Waals surface area contributed by atoms with E-state index in [1.165, 1.54) is 4.31 Å². The lowest BCUT2D eigenvalue weighted by molar-refractivity contribution is -0.124. The molecule has 198 valence electrons. The summed E-state index contributed by atoms with van der Waals surface area (Å²) in [6.07, 6.45) is 5.01. The predicted octanol–water partition coefficient (Wildman–Crippen LogP) is 3.25. The van der Waals surface area contributed by atoms with E-state index in [1.54, 1.807) is 17.3 Å². The number of nitrogens with one attached hydrogen (secondary N) is 1. The summed E-state index contributed by atoms with van der Waals surface area (Å²) in [6, 6.07) is 11.7. The number of pyridine rings is 1. The molecule has 1 N–H and O–H groups in total. The fourth-order valence-corrected chi connectivity index (χ4v) is 6.99. The van der Waals surface area contributed by atoms with Crippen molar-refractivity contribution in [1.29, 1.82) is 5.26 Å².